The minimum absolute atomic E-state index is 0.00176. The number of aliphatic hydroxyl groups is 1. The molecular formula is C21H20F4N4O2. The van der Waals surface area contributed by atoms with Crippen LogP contribution in [0.25, 0.3) is 10.9 Å². The number of amides is 1. The van der Waals surface area contributed by atoms with E-state index in [1.165, 1.54) is 12.3 Å². The van der Waals surface area contributed by atoms with Crippen LogP contribution in [0.15, 0.2) is 36.7 Å². The van der Waals surface area contributed by atoms with E-state index < -0.39 is 29.2 Å². The van der Waals surface area contributed by atoms with Crippen LogP contribution < -0.4 is 5.32 Å². The van der Waals surface area contributed by atoms with Crippen LogP contribution >= 0.6 is 0 Å². The Balaban J connectivity index is 1.59. The lowest BCUT2D eigenvalue weighted by molar-refractivity contribution is -0.138. The zero-order valence-electron chi connectivity index (χ0n) is 16.4. The predicted molar refractivity (Wildman–Crippen MR) is 105 cm³/mol. The van der Waals surface area contributed by atoms with Gasteiger partial charge in [-0.25, -0.2) is 4.39 Å². The number of carbonyl (C=O) groups excluding carboxylic acids is 1. The van der Waals surface area contributed by atoms with Gasteiger partial charge in [-0.1, -0.05) is 0 Å². The van der Waals surface area contributed by atoms with E-state index in [-0.39, 0.29) is 29.8 Å². The molecule has 4 rings (SSSR count). The Morgan fingerprint density at radius 2 is 1.97 bits per heavy atom. The maximum atomic E-state index is 14.9. The highest BCUT2D eigenvalue weighted by Crippen LogP contribution is 2.35. The molecule has 1 saturated carbocycles. The Morgan fingerprint density at radius 1 is 1.23 bits per heavy atom. The van der Waals surface area contributed by atoms with Crippen molar-refractivity contribution in [3.05, 3.63) is 53.7 Å². The zero-order chi connectivity index (χ0) is 22.2. The molecule has 31 heavy (non-hydrogen) atoms. The van der Waals surface area contributed by atoms with Gasteiger partial charge >= 0.3 is 6.18 Å². The topological polar surface area (TPSA) is 80.0 Å². The number of anilines is 1. The minimum atomic E-state index is -4.74. The van der Waals surface area contributed by atoms with Gasteiger partial charge in [0.1, 0.15) is 11.2 Å². The van der Waals surface area contributed by atoms with Crippen LogP contribution in [0.5, 0.6) is 0 Å². The van der Waals surface area contributed by atoms with Crippen LogP contribution in [0.2, 0.25) is 0 Å². The third-order valence-electron chi connectivity index (χ3n) is 5.65. The smallest absolute Gasteiger partial charge is 0.396 e. The van der Waals surface area contributed by atoms with Crippen molar-refractivity contribution in [3.63, 3.8) is 0 Å². The Labute approximate surface area is 174 Å². The van der Waals surface area contributed by atoms with Crippen LogP contribution in [0, 0.1) is 11.7 Å². The van der Waals surface area contributed by atoms with E-state index in [1.807, 2.05) is 0 Å². The summed E-state index contributed by atoms with van der Waals surface area (Å²) in [6.07, 6.45) is 0.983. The number of halogens is 4. The molecule has 164 valence electrons. The van der Waals surface area contributed by atoms with Crippen LogP contribution in [-0.2, 0) is 6.18 Å². The summed E-state index contributed by atoms with van der Waals surface area (Å²) in [7, 11) is 0. The average Bonchev–Trinajstić information content (AvgIpc) is 3.17. The molecule has 0 saturated heterocycles. The first-order valence-corrected chi connectivity index (χ1v) is 9.89. The molecule has 0 spiro atoms. The number of rotatable bonds is 4. The Hall–Kier alpha value is -3.01. The van der Waals surface area contributed by atoms with Gasteiger partial charge in [-0.15, -0.1) is 0 Å². The fourth-order valence-electron chi connectivity index (χ4n) is 4.07. The van der Waals surface area contributed by atoms with Crippen LogP contribution in [0.4, 0.5) is 23.2 Å². The van der Waals surface area contributed by atoms with E-state index in [0.29, 0.717) is 5.39 Å². The van der Waals surface area contributed by atoms with Gasteiger partial charge in [0.05, 0.1) is 17.8 Å². The normalized spacial score (nSPS) is 19.5. The van der Waals surface area contributed by atoms with Crippen molar-refractivity contribution in [1.82, 2.24) is 14.8 Å². The van der Waals surface area contributed by atoms with Gasteiger partial charge in [0.15, 0.2) is 5.82 Å². The fraction of sp³-hybridized carbons (Fsp3) is 0.381. The molecular weight excluding hydrogens is 416 g/mol. The maximum Gasteiger partial charge on any atom is 0.418 e. The predicted octanol–water partition coefficient (Wildman–Crippen LogP) is 4.57. The van der Waals surface area contributed by atoms with Crippen molar-refractivity contribution < 1.29 is 27.5 Å². The summed E-state index contributed by atoms with van der Waals surface area (Å²) in [5.74, 6) is -1.47. The molecule has 0 atom stereocenters. The molecule has 2 N–H and O–H groups in total. The summed E-state index contributed by atoms with van der Waals surface area (Å²) < 4.78 is 56.0. The standard InChI is InChI=1S/C21H20F4N4O2/c22-17-9-14(28-20(31)18-16(21(23,24)25)2-1-7-26-18)8-13-10-27-29(19(13)17)15-5-3-12(11-30)4-6-15/h1-2,7-10,12,15,30H,3-6,11H2,(H,28,31). The highest BCUT2D eigenvalue weighted by molar-refractivity contribution is 6.04. The summed E-state index contributed by atoms with van der Waals surface area (Å²) in [5, 5.41) is 16.3. The van der Waals surface area contributed by atoms with Crippen molar-refractivity contribution in [2.45, 2.75) is 37.9 Å². The minimum Gasteiger partial charge on any atom is -0.396 e. The molecule has 1 aliphatic carbocycles. The Morgan fingerprint density at radius 3 is 2.65 bits per heavy atom. The lowest BCUT2D eigenvalue weighted by Gasteiger charge is -2.28. The first kappa shape index (κ1) is 21.2. The lowest BCUT2D eigenvalue weighted by Crippen LogP contribution is -2.21. The quantitative estimate of drug-likeness (QED) is 0.588. The van der Waals surface area contributed by atoms with Crippen LogP contribution in [0.1, 0.15) is 47.8 Å². The number of carbonyl (C=O) groups is 1. The first-order valence-electron chi connectivity index (χ1n) is 9.89. The fourth-order valence-corrected chi connectivity index (χ4v) is 4.07. The molecule has 0 aliphatic heterocycles. The largest absolute Gasteiger partial charge is 0.418 e. The van der Waals surface area contributed by atoms with Gasteiger partial charge in [0.25, 0.3) is 5.91 Å². The van der Waals surface area contributed by atoms with Gasteiger partial charge < -0.3 is 10.4 Å². The van der Waals surface area contributed by atoms with Crippen molar-refractivity contribution in [1.29, 1.82) is 0 Å². The van der Waals surface area contributed by atoms with Crippen molar-refractivity contribution in [2.75, 3.05) is 11.9 Å². The number of aliphatic hydroxyl groups excluding tert-OH is 1. The molecule has 2 heterocycles. The number of hydrogen-bond acceptors (Lipinski definition) is 4. The summed E-state index contributed by atoms with van der Waals surface area (Å²) in [5.41, 5.74) is -1.66. The zero-order valence-corrected chi connectivity index (χ0v) is 16.4. The van der Waals surface area contributed by atoms with Gasteiger partial charge in [-0.3, -0.25) is 14.5 Å². The molecule has 2 aromatic heterocycles. The number of fused-ring (bicyclic) bond motifs is 1. The summed E-state index contributed by atoms with van der Waals surface area (Å²) >= 11 is 0. The Bertz CT molecular complexity index is 1100. The van der Waals surface area contributed by atoms with E-state index in [0.717, 1.165) is 50.1 Å². The number of pyridine rings is 1. The SMILES string of the molecule is O=C(Nc1cc(F)c2c(cnn2C2CCC(CO)CC2)c1)c1ncccc1C(F)(F)F. The molecule has 1 aliphatic rings. The van der Waals surface area contributed by atoms with E-state index in [1.54, 1.807) is 4.68 Å². The average molecular weight is 436 g/mol. The molecule has 0 radical (unpaired) electrons. The molecule has 1 aromatic carbocycles. The van der Waals surface area contributed by atoms with Gasteiger partial charge in [-0.05, 0) is 55.9 Å². The second kappa shape index (κ2) is 8.26. The highest BCUT2D eigenvalue weighted by Gasteiger charge is 2.36. The van der Waals surface area contributed by atoms with E-state index in [9.17, 15) is 27.5 Å². The van der Waals surface area contributed by atoms with Crippen LogP contribution in [-0.4, -0.2) is 32.4 Å². The monoisotopic (exact) mass is 436 g/mol. The third kappa shape index (κ3) is 4.25. The molecule has 3 aromatic rings. The lowest BCUT2D eigenvalue weighted by atomic mass is 9.86. The maximum absolute atomic E-state index is 14.9. The number of hydrogen-bond donors (Lipinski definition) is 2. The molecule has 1 fully saturated rings. The number of aromatic nitrogens is 3. The molecule has 0 bridgehead atoms. The van der Waals surface area contributed by atoms with Gasteiger partial charge in [0, 0.05) is 23.9 Å². The first-order chi connectivity index (χ1) is 14.8. The molecule has 0 unspecified atom stereocenters. The van der Waals surface area contributed by atoms with Crippen molar-refractivity contribution in [3.8, 4) is 0 Å². The van der Waals surface area contributed by atoms with Crippen molar-refractivity contribution >= 4 is 22.5 Å². The van der Waals surface area contributed by atoms with Crippen LogP contribution in [0.3, 0.4) is 0 Å². The van der Waals surface area contributed by atoms with E-state index >= 15 is 0 Å². The third-order valence-corrected chi connectivity index (χ3v) is 5.65. The second-order valence-corrected chi connectivity index (χ2v) is 7.69. The summed E-state index contributed by atoms with van der Waals surface area (Å²) in [4.78, 5) is 15.9. The molecule has 10 heteroatoms. The molecule has 6 nitrogen and oxygen atoms in total. The number of alkyl halides is 3. The number of nitrogens with zero attached hydrogens (tertiary/aromatic N) is 3. The highest BCUT2D eigenvalue weighted by atomic mass is 19.4. The number of nitrogens with one attached hydrogen (secondary N) is 1. The van der Waals surface area contributed by atoms with E-state index in [2.05, 4.69) is 15.4 Å². The van der Waals surface area contributed by atoms with Crippen molar-refractivity contribution in [2.24, 2.45) is 5.92 Å². The van der Waals surface area contributed by atoms with Gasteiger partial charge in [0.2, 0.25) is 0 Å². The Kier molecular flexibility index (Phi) is 5.65. The number of benzene rings is 1. The van der Waals surface area contributed by atoms with Gasteiger partial charge in [-0.2, -0.15) is 18.3 Å². The summed E-state index contributed by atoms with van der Waals surface area (Å²) in [6, 6.07) is 4.39. The van der Waals surface area contributed by atoms with E-state index in [4.69, 9.17) is 0 Å². The summed E-state index contributed by atoms with van der Waals surface area (Å²) in [6.45, 7) is 0.135. The molecule has 1 amide bonds. The second-order valence-electron chi connectivity index (χ2n) is 7.69.